The molecule has 0 fully saturated rings. The average Bonchev–Trinajstić information content (AvgIpc) is 3.23. The van der Waals surface area contributed by atoms with E-state index in [-0.39, 0.29) is 5.82 Å². The third kappa shape index (κ3) is 3.80. The van der Waals surface area contributed by atoms with Gasteiger partial charge in [-0.25, -0.2) is 9.48 Å². The minimum Gasteiger partial charge on any atom is -0.449 e. The largest absolute Gasteiger partial charge is 0.449 e. The number of aryl methyl sites for hydroxylation is 2. The third-order valence-corrected chi connectivity index (χ3v) is 3.71. The number of esters is 1. The Labute approximate surface area is 149 Å². The molecule has 0 spiro atoms. The molecule has 0 radical (unpaired) electrons. The SMILES string of the molecule is Cc1cc(NC(=O)[C@H](C)OC(=O)c2ccc(-n3nccc3C)cc2)no1. The molecule has 0 aliphatic heterocycles. The lowest BCUT2D eigenvalue weighted by Gasteiger charge is -2.12. The molecule has 134 valence electrons. The number of nitrogens with zero attached hydrogens (tertiary/aromatic N) is 3. The topological polar surface area (TPSA) is 99.2 Å². The van der Waals surface area contributed by atoms with Gasteiger partial charge in [-0.05, 0) is 51.1 Å². The van der Waals surface area contributed by atoms with Crippen LogP contribution in [0.3, 0.4) is 0 Å². The van der Waals surface area contributed by atoms with E-state index in [1.807, 2.05) is 13.0 Å². The number of anilines is 1. The number of hydrogen-bond donors (Lipinski definition) is 1. The van der Waals surface area contributed by atoms with Crippen LogP contribution in [0, 0.1) is 13.8 Å². The standard InChI is InChI=1S/C18H18N4O4/c1-11-8-9-19-22(11)15-6-4-14(5-7-15)18(24)25-13(3)17(23)20-16-10-12(2)26-21-16/h4-10,13H,1-3H3,(H,20,21,23)/t13-/m0/s1. The van der Waals surface area contributed by atoms with Gasteiger partial charge in [-0.2, -0.15) is 5.10 Å². The molecule has 0 aliphatic rings. The Morgan fingerprint density at radius 2 is 1.92 bits per heavy atom. The van der Waals surface area contributed by atoms with Crippen LogP contribution in [-0.2, 0) is 9.53 Å². The van der Waals surface area contributed by atoms with Crippen molar-refractivity contribution >= 4 is 17.7 Å². The number of ether oxygens (including phenoxy) is 1. The van der Waals surface area contributed by atoms with Crippen LogP contribution in [-0.4, -0.2) is 32.9 Å². The van der Waals surface area contributed by atoms with Gasteiger partial charge >= 0.3 is 5.97 Å². The van der Waals surface area contributed by atoms with Crippen LogP contribution < -0.4 is 5.32 Å². The lowest BCUT2D eigenvalue weighted by atomic mass is 10.2. The fraction of sp³-hybridized carbons (Fsp3) is 0.222. The minimum atomic E-state index is -0.979. The van der Waals surface area contributed by atoms with Gasteiger partial charge in [-0.3, -0.25) is 4.79 Å². The molecule has 8 nitrogen and oxygen atoms in total. The highest BCUT2D eigenvalue weighted by Gasteiger charge is 2.20. The maximum absolute atomic E-state index is 12.2. The van der Waals surface area contributed by atoms with Crippen molar-refractivity contribution in [2.24, 2.45) is 0 Å². The quantitative estimate of drug-likeness (QED) is 0.707. The summed E-state index contributed by atoms with van der Waals surface area (Å²) in [6.45, 7) is 5.13. The van der Waals surface area contributed by atoms with Gasteiger partial charge in [0.05, 0.1) is 11.3 Å². The molecular weight excluding hydrogens is 336 g/mol. The van der Waals surface area contributed by atoms with Crippen molar-refractivity contribution < 1.29 is 18.8 Å². The number of aromatic nitrogens is 3. The lowest BCUT2D eigenvalue weighted by molar-refractivity contribution is -0.123. The molecule has 26 heavy (non-hydrogen) atoms. The number of nitrogens with one attached hydrogen (secondary N) is 1. The van der Waals surface area contributed by atoms with E-state index in [9.17, 15) is 9.59 Å². The number of carbonyl (C=O) groups is 2. The molecule has 1 aromatic carbocycles. The van der Waals surface area contributed by atoms with Crippen molar-refractivity contribution in [3.05, 3.63) is 59.6 Å². The smallest absolute Gasteiger partial charge is 0.338 e. The van der Waals surface area contributed by atoms with Crippen molar-refractivity contribution in [2.45, 2.75) is 26.9 Å². The number of hydrogen-bond acceptors (Lipinski definition) is 6. The molecule has 0 saturated carbocycles. The first-order chi connectivity index (χ1) is 12.4. The zero-order valence-corrected chi connectivity index (χ0v) is 14.6. The van der Waals surface area contributed by atoms with E-state index in [4.69, 9.17) is 9.26 Å². The van der Waals surface area contributed by atoms with Crippen molar-refractivity contribution in [1.29, 1.82) is 0 Å². The van der Waals surface area contributed by atoms with Crippen LogP contribution in [0.4, 0.5) is 5.82 Å². The summed E-state index contributed by atoms with van der Waals surface area (Å²) >= 11 is 0. The highest BCUT2D eigenvalue weighted by Crippen LogP contribution is 2.13. The Kier molecular flexibility index (Phi) is 4.83. The van der Waals surface area contributed by atoms with E-state index in [0.29, 0.717) is 11.3 Å². The molecule has 1 amide bonds. The van der Waals surface area contributed by atoms with E-state index < -0.39 is 18.0 Å². The van der Waals surface area contributed by atoms with Crippen LogP contribution in [0.25, 0.3) is 5.69 Å². The van der Waals surface area contributed by atoms with Crippen molar-refractivity contribution in [3.8, 4) is 5.69 Å². The van der Waals surface area contributed by atoms with Gasteiger partial charge in [0.15, 0.2) is 11.9 Å². The predicted octanol–water partition coefficient (Wildman–Crippen LogP) is 2.66. The van der Waals surface area contributed by atoms with Gasteiger partial charge in [0, 0.05) is 18.0 Å². The minimum absolute atomic E-state index is 0.273. The van der Waals surface area contributed by atoms with E-state index in [1.54, 1.807) is 48.1 Å². The van der Waals surface area contributed by atoms with Gasteiger partial charge in [-0.1, -0.05) is 5.16 Å². The fourth-order valence-corrected chi connectivity index (χ4v) is 2.31. The van der Waals surface area contributed by atoms with Gasteiger partial charge < -0.3 is 14.6 Å². The number of carbonyl (C=O) groups excluding carboxylic acids is 2. The van der Waals surface area contributed by atoms with Crippen LogP contribution >= 0.6 is 0 Å². The summed E-state index contributed by atoms with van der Waals surface area (Å²) in [6.07, 6.45) is 0.723. The van der Waals surface area contributed by atoms with Gasteiger partial charge in [0.2, 0.25) is 0 Å². The molecule has 2 aromatic heterocycles. The molecule has 8 heteroatoms. The van der Waals surface area contributed by atoms with Crippen molar-refractivity contribution in [2.75, 3.05) is 5.32 Å². The second kappa shape index (κ2) is 7.22. The molecule has 0 unspecified atom stereocenters. The van der Waals surface area contributed by atoms with Crippen LogP contribution in [0.15, 0.2) is 47.1 Å². The van der Waals surface area contributed by atoms with Gasteiger partial charge in [0.25, 0.3) is 5.91 Å². The summed E-state index contributed by atoms with van der Waals surface area (Å²) in [4.78, 5) is 24.3. The summed E-state index contributed by atoms with van der Waals surface area (Å²) in [5.74, 6) is -0.241. The molecule has 1 N–H and O–H groups in total. The highest BCUT2D eigenvalue weighted by molar-refractivity contribution is 5.96. The molecule has 1 atom stereocenters. The van der Waals surface area contributed by atoms with E-state index >= 15 is 0 Å². The van der Waals surface area contributed by atoms with Crippen LogP contribution in [0.1, 0.15) is 28.7 Å². The number of amides is 1. The first kappa shape index (κ1) is 17.4. The zero-order valence-electron chi connectivity index (χ0n) is 14.6. The van der Waals surface area contributed by atoms with Gasteiger partial charge in [-0.15, -0.1) is 0 Å². The monoisotopic (exact) mass is 354 g/mol. The average molecular weight is 354 g/mol. The Morgan fingerprint density at radius 1 is 1.19 bits per heavy atom. The summed E-state index contributed by atoms with van der Waals surface area (Å²) in [5.41, 5.74) is 2.15. The molecule has 2 heterocycles. The van der Waals surface area contributed by atoms with Crippen molar-refractivity contribution in [1.82, 2.24) is 14.9 Å². The summed E-state index contributed by atoms with van der Waals surface area (Å²) in [7, 11) is 0. The predicted molar refractivity (Wildman–Crippen MR) is 93.0 cm³/mol. The molecular formula is C18H18N4O4. The zero-order chi connectivity index (χ0) is 18.7. The van der Waals surface area contributed by atoms with Crippen LogP contribution in [0.2, 0.25) is 0 Å². The van der Waals surface area contributed by atoms with Crippen molar-refractivity contribution in [3.63, 3.8) is 0 Å². The number of benzene rings is 1. The third-order valence-electron chi connectivity index (χ3n) is 3.71. The molecule has 0 saturated heterocycles. The fourth-order valence-electron chi connectivity index (χ4n) is 2.31. The Balaban J connectivity index is 1.62. The lowest BCUT2D eigenvalue weighted by Crippen LogP contribution is -2.30. The Hall–Kier alpha value is -3.42. The van der Waals surface area contributed by atoms with E-state index in [2.05, 4.69) is 15.6 Å². The normalized spacial score (nSPS) is 11.8. The Bertz CT molecular complexity index is 927. The maximum Gasteiger partial charge on any atom is 0.338 e. The first-order valence-electron chi connectivity index (χ1n) is 8.00. The van der Waals surface area contributed by atoms with Crippen LogP contribution in [0.5, 0.6) is 0 Å². The molecule has 3 rings (SSSR count). The molecule has 3 aromatic rings. The summed E-state index contributed by atoms with van der Waals surface area (Å²) in [5, 5.41) is 10.4. The second-order valence-electron chi connectivity index (χ2n) is 5.79. The number of rotatable bonds is 5. The molecule has 0 aliphatic carbocycles. The van der Waals surface area contributed by atoms with Gasteiger partial charge in [0.1, 0.15) is 5.76 Å². The van der Waals surface area contributed by atoms with E-state index in [1.165, 1.54) is 6.92 Å². The molecule has 0 bridgehead atoms. The summed E-state index contributed by atoms with van der Waals surface area (Å²) in [6, 6.07) is 10.2. The highest BCUT2D eigenvalue weighted by atomic mass is 16.5. The second-order valence-corrected chi connectivity index (χ2v) is 5.79. The van der Waals surface area contributed by atoms with E-state index in [0.717, 1.165) is 11.4 Å². The summed E-state index contributed by atoms with van der Waals surface area (Å²) < 4.78 is 11.8. The first-order valence-corrected chi connectivity index (χ1v) is 8.00. The maximum atomic E-state index is 12.2. The Morgan fingerprint density at radius 3 is 2.50 bits per heavy atom.